The fourth-order valence-electron chi connectivity index (χ4n) is 5.00. The summed E-state index contributed by atoms with van der Waals surface area (Å²) in [5.41, 5.74) is 1.74. The van der Waals surface area contributed by atoms with E-state index in [9.17, 15) is 14.4 Å². The topological polar surface area (TPSA) is 90.9 Å². The van der Waals surface area contributed by atoms with Gasteiger partial charge in [0, 0.05) is 18.5 Å². The highest BCUT2D eigenvalue weighted by Gasteiger charge is 2.35. The number of nitrogens with one attached hydrogen (secondary N) is 1. The minimum absolute atomic E-state index is 0.150. The first-order valence-electron chi connectivity index (χ1n) is 11.7. The third-order valence-electron chi connectivity index (χ3n) is 6.89. The Morgan fingerprint density at radius 2 is 1.64 bits per heavy atom. The lowest BCUT2D eigenvalue weighted by atomic mass is 9.92. The lowest BCUT2D eigenvalue weighted by molar-refractivity contribution is -0.116. The lowest BCUT2D eigenvalue weighted by Crippen LogP contribution is -2.29. The van der Waals surface area contributed by atoms with E-state index in [-0.39, 0.29) is 40.5 Å². The molecule has 0 bridgehead atoms. The minimum atomic E-state index is -0.368. The van der Waals surface area contributed by atoms with Crippen molar-refractivity contribution in [2.24, 2.45) is 13.0 Å². The van der Waals surface area contributed by atoms with Crippen LogP contribution >= 0.6 is 0 Å². The summed E-state index contributed by atoms with van der Waals surface area (Å²) in [7, 11) is 1.78. The highest BCUT2D eigenvalue weighted by molar-refractivity contribution is 6.01. The Morgan fingerprint density at radius 3 is 2.44 bits per heavy atom. The van der Waals surface area contributed by atoms with Gasteiger partial charge in [-0.2, -0.15) is 0 Å². The van der Waals surface area contributed by atoms with Gasteiger partial charge in [0.1, 0.15) is 11.5 Å². The molecule has 2 aromatic heterocycles. The number of hydrogen-bond donors (Lipinski definition) is 1. The maximum atomic E-state index is 13.9. The van der Waals surface area contributed by atoms with Gasteiger partial charge in [0.15, 0.2) is 0 Å². The van der Waals surface area contributed by atoms with E-state index in [1.807, 2.05) is 54.6 Å². The maximum absolute atomic E-state index is 13.9. The predicted octanol–water partition coefficient (Wildman–Crippen LogP) is 2.81. The first kappa shape index (κ1) is 21.8. The molecular weight excluding hydrogens is 454 g/mol. The number of para-hydroxylation sites is 2. The molecule has 36 heavy (non-hydrogen) atoms. The third-order valence-corrected chi connectivity index (χ3v) is 6.89. The van der Waals surface area contributed by atoms with Gasteiger partial charge in [-0.05, 0) is 37.3 Å². The van der Waals surface area contributed by atoms with Gasteiger partial charge < -0.3 is 5.32 Å². The van der Waals surface area contributed by atoms with E-state index in [0.717, 1.165) is 0 Å². The summed E-state index contributed by atoms with van der Waals surface area (Å²) in [4.78, 5) is 45.3. The summed E-state index contributed by atoms with van der Waals surface area (Å²) in [6.07, 6.45) is 9.32. The van der Waals surface area contributed by atoms with Crippen molar-refractivity contribution >= 4 is 22.9 Å². The molecule has 0 saturated carbocycles. The lowest BCUT2D eigenvalue weighted by Gasteiger charge is -2.15. The van der Waals surface area contributed by atoms with Crippen LogP contribution in [0, 0.1) is 12.8 Å². The number of hydrogen-bond acceptors (Lipinski definition) is 4. The molecule has 2 aliphatic rings. The van der Waals surface area contributed by atoms with E-state index >= 15 is 0 Å². The van der Waals surface area contributed by atoms with E-state index < -0.39 is 0 Å². The summed E-state index contributed by atoms with van der Waals surface area (Å²) in [5.74, 6) is -0.169. The molecule has 8 heteroatoms. The number of carbonyl (C=O) groups is 1. The highest BCUT2D eigenvalue weighted by atomic mass is 16.2. The monoisotopic (exact) mass is 477 g/mol. The minimum Gasteiger partial charge on any atom is -0.345 e. The van der Waals surface area contributed by atoms with Crippen LogP contribution in [-0.4, -0.2) is 30.9 Å². The molecule has 1 amide bonds. The normalized spacial score (nSPS) is 19.7. The van der Waals surface area contributed by atoms with Crippen LogP contribution in [0.3, 0.4) is 0 Å². The van der Waals surface area contributed by atoms with E-state index in [1.54, 1.807) is 49.0 Å². The molecule has 3 heterocycles. The third kappa shape index (κ3) is 3.22. The molecule has 0 radical (unpaired) electrons. The average Bonchev–Trinajstić information content (AvgIpc) is 3.32. The Kier molecular flexibility index (Phi) is 4.96. The molecule has 8 nitrogen and oxygen atoms in total. The predicted molar refractivity (Wildman–Crippen MR) is 138 cm³/mol. The van der Waals surface area contributed by atoms with Crippen molar-refractivity contribution in [3.8, 4) is 11.4 Å². The van der Waals surface area contributed by atoms with Gasteiger partial charge in [0.2, 0.25) is 5.91 Å². The summed E-state index contributed by atoms with van der Waals surface area (Å²) in [5, 5.41) is 3.36. The second kappa shape index (κ2) is 8.20. The molecular formula is C28H23N5O3. The van der Waals surface area contributed by atoms with Crippen molar-refractivity contribution < 1.29 is 4.79 Å². The van der Waals surface area contributed by atoms with Gasteiger partial charge >= 0.3 is 0 Å². The van der Waals surface area contributed by atoms with E-state index in [2.05, 4.69) is 5.32 Å². The number of allylic oxidation sites excluding steroid dienone is 2. The molecule has 1 aliphatic heterocycles. The van der Waals surface area contributed by atoms with E-state index in [1.165, 1.54) is 9.25 Å². The Balaban J connectivity index is 1.66. The van der Waals surface area contributed by atoms with Gasteiger partial charge in [0.25, 0.3) is 11.1 Å². The number of aromatic nitrogens is 4. The number of rotatable bonds is 3. The van der Waals surface area contributed by atoms with Crippen molar-refractivity contribution in [3.63, 3.8) is 0 Å². The molecule has 0 unspecified atom stereocenters. The van der Waals surface area contributed by atoms with Crippen LogP contribution in [0.25, 0.3) is 28.4 Å². The second-order valence-corrected chi connectivity index (χ2v) is 8.93. The zero-order valence-corrected chi connectivity index (χ0v) is 19.8. The van der Waals surface area contributed by atoms with Gasteiger partial charge in [-0.3, -0.25) is 23.6 Å². The van der Waals surface area contributed by atoms with Crippen LogP contribution in [0.2, 0.25) is 0 Å². The first-order chi connectivity index (χ1) is 17.5. The standard InChI is InChI=1S/C28H23N5O3/c1-17-25(28(36)33(31(17)2)18-10-4-3-5-11-18)32-24(29-23-15-9-7-13-20(23)27(32)35)16-21-19-12-6-8-14-22(19)30-26(21)34/h3-16,19,22H,1-2H3,(H,30,34)/b21-16-/t19-,22+/m1/s1. The maximum Gasteiger partial charge on any atom is 0.296 e. The Bertz CT molecular complexity index is 1750. The van der Waals surface area contributed by atoms with Crippen molar-refractivity contribution in [3.05, 3.63) is 117 Å². The molecule has 2 aromatic carbocycles. The molecule has 6 rings (SSSR count). The molecule has 1 saturated heterocycles. The molecule has 2 atom stereocenters. The number of fused-ring (bicyclic) bond motifs is 2. The molecule has 178 valence electrons. The van der Waals surface area contributed by atoms with Crippen LogP contribution in [0.5, 0.6) is 0 Å². The average molecular weight is 478 g/mol. The van der Waals surface area contributed by atoms with Crippen molar-refractivity contribution in [1.29, 1.82) is 0 Å². The van der Waals surface area contributed by atoms with Crippen LogP contribution in [0.4, 0.5) is 0 Å². The highest BCUT2D eigenvalue weighted by Crippen LogP contribution is 2.29. The van der Waals surface area contributed by atoms with Gasteiger partial charge in [-0.15, -0.1) is 0 Å². The smallest absolute Gasteiger partial charge is 0.296 e. The summed E-state index contributed by atoms with van der Waals surface area (Å²) in [6, 6.07) is 16.1. The number of amides is 1. The molecule has 1 fully saturated rings. The Hall–Kier alpha value is -4.72. The second-order valence-electron chi connectivity index (χ2n) is 8.93. The van der Waals surface area contributed by atoms with Crippen LogP contribution in [-0.2, 0) is 11.8 Å². The summed E-state index contributed by atoms with van der Waals surface area (Å²) in [6.45, 7) is 1.79. The largest absolute Gasteiger partial charge is 0.345 e. The first-order valence-corrected chi connectivity index (χ1v) is 11.7. The fraction of sp³-hybridized carbons (Fsp3) is 0.143. The fourth-order valence-corrected chi connectivity index (χ4v) is 5.00. The molecule has 4 aromatic rings. The summed E-state index contributed by atoms with van der Waals surface area (Å²) >= 11 is 0. The Morgan fingerprint density at radius 1 is 0.917 bits per heavy atom. The van der Waals surface area contributed by atoms with Crippen LogP contribution in [0.15, 0.2) is 94.1 Å². The molecule has 1 aliphatic carbocycles. The molecule has 0 spiro atoms. The Labute approximate surface area is 206 Å². The number of benzene rings is 2. The van der Waals surface area contributed by atoms with Crippen molar-refractivity contribution in [2.45, 2.75) is 13.0 Å². The number of carbonyl (C=O) groups excluding carboxylic acids is 1. The van der Waals surface area contributed by atoms with E-state index in [0.29, 0.717) is 27.9 Å². The SMILES string of the molecule is Cc1c(-n2c(/C=C3\C(=O)N[C@H]4C=CC=C[C@H]34)nc3ccccc3c2=O)c(=O)n(-c2ccccc2)n1C. The number of nitrogens with zero attached hydrogens (tertiary/aromatic N) is 4. The van der Waals surface area contributed by atoms with Gasteiger partial charge in [-0.1, -0.05) is 54.6 Å². The van der Waals surface area contributed by atoms with Gasteiger partial charge in [-0.25, -0.2) is 9.67 Å². The van der Waals surface area contributed by atoms with Crippen LogP contribution in [0.1, 0.15) is 11.5 Å². The van der Waals surface area contributed by atoms with Crippen molar-refractivity contribution in [2.75, 3.05) is 0 Å². The zero-order valence-electron chi connectivity index (χ0n) is 19.8. The quantitative estimate of drug-likeness (QED) is 0.460. The summed E-state index contributed by atoms with van der Waals surface area (Å²) < 4.78 is 4.59. The zero-order chi connectivity index (χ0) is 25.0. The van der Waals surface area contributed by atoms with Crippen LogP contribution < -0.4 is 16.4 Å². The molecule has 1 N–H and O–H groups in total. The van der Waals surface area contributed by atoms with Gasteiger partial charge in [0.05, 0.1) is 28.3 Å². The van der Waals surface area contributed by atoms with E-state index in [4.69, 9.17) is 4.98 Å². The van der Waals surface area contributed by atoms with Crippen molar-refractivity contribution in [1.82, 2.24) is 24.2 Å².